The Hall–Kier alpha value is -2.13. The van der Waals surface area contributed by atoms with Crippen molar-refractivity contribution in [1.29, 1.82) is 0 Å². The molecule has 0 radical (unpaired) electrons. The Morgan fingerprint density at radius 3 is 2.34 bits per heavy atom. The van der Waals surface area contributed by atoms with Gasteiger partial charge >= 0.3 is 6.18 Å². The first-order valence-electron chi connectivity index (χ1n) is 9.75. The van der Waals surface area contributed by atoms with Crippen molar-refractivity contribution in [3.8, 4) is 0 Å². The molecule has 0 aliphatic carbocycles. The van der Waals surface area contributed by atoms with Gasteiger partial charge in [-0.05, 0) is 24.1 Å². The highest BCUT2D eigenvalue weighted by atomic mass is 19.4. The van der Waals surface area contributed by atoms with Crippen LogP contribution in [0.5, 0.6) is 0 Å². The van der Waals surface area contributed by atoms with Crippen LogP contribution in [0, 0.1) is 0 Å². The molecule has 2 heterocycles. The number of aliphatic hydroxyl groups is 1. The summed E-state index contributed by atoms with van der Waals surface area (Å²) < 4.78 is 38.2. The number of alkyl halides is 3. The lowest BCUT2D eigenvalue weighted by Crippen LogP contribution is -2.59. The van der Waals surface area contributed by atoms with E-state index < -0.39 is 11.7 Å². The fraction of sp³-hybridized carbons (Fsp3) is 0.600. The lowest BCUT2D eigenvalue weighted by atomic mass is 10.1. The largest absolute Gasteiger partial charge is 0.416 e. The molecule has 1 aromatic carbocycles. The number of likely N-dealkylation sites (tertiary alicyclic amines) is 1. The van der Waals surface area contributed by atoms with Crippen molar-refractivity contribution in [2.75, 3.05) is 39.3 Å². The van der Waals surface area contributed by atoms with Gasteiger partial charge in [-0.3, -0.25) is 14.5 Å². The van der Waals surface area contributed by atoms with Gasteiger partial charge in [-0.1, -0.05) is 12.1 Å². The van der Waals surface area contributed by atoms with Crippen LogP contribution in [-0.2, 0) is 22.2 Å². The summed E-state index contributed by atoms with van der Waals surface area (Å²) >= 11 is 0. The summed E-state index contributed by atoms with van der Waals surface area (Å²) in [6, 6.07) is 4.43. The summed E-state index contributed by atoms with van der Waals surface area (Å²) in [6.45, 7) is 4.57. The van der Waals surface area contributed by atoms with Gasteiger partial charge in [0.1, 0.15) is 0 Å². The predicted octanol–water partition coefficient (Wildman–Crippen LogP) is 1.37. The molecule has 3 rings (SSSR count). The summed E-state index contributed by atoms with van der Waals surface area (Å²) in [5, 5.41) is 9.75. The molecule has 2 atom stereocenters. The first-order chi connectivity index (χ1) is 13.6. The van der Waals surface area contributed by atoms with Crippen LogP contribution in [0.25, 0.3) is 0 Å². The van der Waals surface area contributed by atoms with Crippen molar-refractivity contribution in [1.82, 2.24) is 14.7 Å². The summed E-state index contributed by atoms with van der Waals surface area (Å²) in [7, 11) is 0. The van der Waals surface area contributed by atoms with Crippen molar-refractivity contribution >= 4 is 11.8 Å². The zero-order chi connectivity index (χ0) is 21.2. The lowest BCUT2D eigenvalue weighted by Gasteiger charge is -2.42. The Labute approximate surface area is 167 Å². The SMILES string of the molecule is CC(=O)N1CCN(C(=O)Cc2ccc(C(F)(F)F)cc2)[C@H](CN2CC[C@H](O)C2)C1. The van der Waals surface area contributed by atoms with Gasteiger partial charge in [0.25, 0.3) is 0 Å². The number of carbonyl (C=O) groups excluding carboxylic acids is 2. The van der Waals surface area contributed by atoms with Crippen LogP contribution in [0.3, 0.4) is 0 Å². The molecular formula is C20H26F3N3O3. The Kier molecular flexibility index (Phi) is 6.48. The Morgan fingerprint density at radius 2 is 1.79 bits per heavy atom. The molecule has 2 saturated heterocycles. The minimum absolute atomic E-state index is 0.0112. The first kappa shape index (κ1) is 21.6. The fourth-order valence-electron chi connectivity index (χ4n) is 3.99. The van der Waals surface area contributed by atoms with Gasteiger partial charge in [-0.25, -0.2) is 0 Å². The lowest BCUT2D eigenvalue weighted by molar-refractivity contribution is -0.142. The fourth-order valence-corrected chi connectivity index (χ4v) is 3.99. The minimum atomic E-state index is -4.41. The molecule has 0 bridgehead atoms. The van der Waals surface area contributed by atoms with Crippen molar-refractivity contribution in [2.24, 2.45) is 0 Å². The highest BCUT2D eigenvalue weighted by Crippen LogP contribution is 2.29. The maximum atomic E-state index is 12.9. The topological polar surface area (TPSA) is 64.1 Å². The molecule has 0 spiro atoms. The normalized spacial score (nSPS) is 23.5. The number of β-amino-alcohol motifs (C(OH)–C–C–N with tert-alkyl or cyclic N) is 1. The van der Waals surface area contributed by atoms with Crippen LogP contribution >= 0.6 is 0 Å². The van der Waals surface area contributed by atoms with E-state index in [1.54, 1.807) is 9.80 Å². The molecule has 2 aliphatic rings. The number of benzene rings is 1. The molecular weight excluding hydrogens is 387 g/mol. The van der Waals surface area contributed by atoms with E-state index in [1.165, 1.54) is 19.1 Å². The monoisotopic (exact) mass is 413 g/mol. The van der Waals surface area contributed by atoms with Gasteiger partial charge in [0.2, 0.25) is 11.8 Å². The number of hydrogen-bond donors (Lipinski definition) is 1. The van der Waals surface area contributed by atoms with Crippen LogP contribution in [-0.4, -0.2) is 83.0 Å². The molecule has 2 fully saturated rings. The molecule has 0 unspecified atom stereocenters. The third-order valence-electron chi connectivity index (χ3n) is 5.60. The molecule has 0 saturated carbocycles. The minimum Gasteiger partial charge on any atom is -0.392 e. The standard InChI is InChI=1S/C20H26F3N3O3/c1-14(27)25-8-9-26(17(12-25)11-24-7-6-18(28)13-24)19(29)10-15-2-4-16(5-3-15)20(21,22)23/h2-5,17-18,28H,6-13H2,1H3/t17-,18+/m1/s1. The summed E-state index contributed by atoms with van der Waals surface area (Å²) in [4.78, 5) is 30.2. The van der Waals surface area contributed by atoms with Crippen LogP contribution in [0.15, 0.2) is 24.3 Å². The van der Waals surface area contributed by atoms with Gasteiger partial charge in [0, 0.05) is 46.2 Å². The summed E-state index contributed by atoms with van der Waals surface area (Å²) in [6.07, 6.45) is -4.09. The third kappa shape index (κ3) is 5.48. The zero-order valence-electron chi connectivity index (χ0n) is 16.4. The van der Waals surface area contributed by atoms with Crippen LogP contribution in [0.4, 0.5) is 13.2 Å². The van der Waals surface area contributed by atoms with E-state index in [9.17, 15) is 27.9 Å². The van der Waals surface area contributed by atoms with E-state index in [-0.39, 0.29) is 30.4 Å². The zero-order valence-corrected chi connectivity index (χ0v) is 16.4. The number of rotatable bonds is 4. The van der Waals surface area contributed by atoms with Crippen molar-refractivity contribution < 1.29 is 27.9 Å². The van der Waals surface area contributed by atoms with Crippen LogP contribution in [0.2, 0.25) is 0 Å². The van der Waals surface area contributed by atoms with Crippen LogP contribution < -0.4 is 0 Å². The maximum Gasteiger partial charge on any atom is 0.416 e. The third-order valence-corrected chi connectivity index (χ3v) is 5.60. The molecule has 1 N–H and O–H groups in total. The second-order valence-corrected chi connectivity index (χ2v) is 7.78. The molecule has 6 nitrogen and oxygen atoms in total. The van der Waals surface area contributed by atoms with E-state index in [2.05, 4.69) is 4.90 Å². The molecule has 1 aromatic rings. The van der Waals surface area contributed by atoms with E-state index in [0.29, 0.717) is 44.7 Å². The average Bonchev–Trinajstić information content (AvgIpc) is 3.06. The van der Waals surface area contributed by atoms with Gasteiger partial charge in [-0.15, -0.1) is 0 Å². The molecule has 2 aliphatic heterocycles. The highest BCUT2D eigenvalue weighted by molar-refractivity contribution is 5.80. The molecule has 9 heteroatoms. The van der Waals surface area contributed by atoms with E-state index >= 15 is 0 Å². The predicted molar refractivity (Wildman–Crippen MR) is 100.0 cm³/mol. The van der Waals surface area contributed by atoms with E-state index in [4.69, 9.17) is 0 Å². The number of nitrogens with zero attached hydrogens (tertiary/aromatic N) is 3. The number of aliphatic hydroxyl groups excluding tert-OH is 1. The van der Waals surface area contributed by atoms with E-state index in [1.807, 2.05) is 0 Å². The van der Waals surface area contributed by atoms with Crippen molar-refractivity contribution in [2.45, 2.75) is 38.1 Å². The smallest absolute Gasteiger partial charge is 0.392 e. The van der Waals surface area contributed by atoms with Crippen LogP contribution in [0.1, 0.15) is 24.5 Å². The van der Waals surface area contributed by atoms with Gasteiger partial charge in [-0.2, -0.15) is 13.2 Å². The number of carbonyl (C=O) groups is 2. The van der Waals surface area contributed by atoms with E-state index in [0.717, 1.165) is 18.7 Å². The number of amides is 2. The Bertz CT molecular complexity index is 739. The number of hydrogen-bond acceptors (Lipinski definition) is 4. The second-order valence-electron chi connectivity index (χ2n) is 7.78. The number of piperazine rings is 1. The molecule has 2 amide bonds. The number of halogens is 3. The molecule has 160 valence electrons. The Morgan fingerprint density at radius 1 is 1.10 bits per heavy atom. The first-order valence-corrected chi connectivity index (χ1v) is 9.75. The van der Waals surface area contributed by atoms with Gasteiger partial charge in [0.05, 0.1) is 24.1 Å². The second kappa shape index (κ2) is 8.71. The van der Waals surface area contributed by atoms with Gasteiger partial charge < -0.3 is 14.9 Å². The van der Waals surface area contributed by atoms with Crippen molar-refractivity contribution in [3.05, 3.63) is 35.4 Å². The maximum absolute atomic E-state index is 12.9. The molecule has 0 aromatic heterocycles. The highest BCUT2D eigenvalue weighted by Gasteiger charge is 2.34. The molecule has 29 heavy (non-hydrogen) atoms. The quantitative estimate of drug-likeness (QED) is 0.810. The summed E-state index contributed by atoms with van der Waals surface area (Å²) in [5.41, 5.74) is -0.221. The van der Waals surface area contributed by atoms with Gasteiger partial charge in [0.15, 0.2) is 0 Å². The Balaban J connectivity index is 1.68. The van der Waals surface area contributed by atoms with Crippen molar-refractivity contribution in [3.63, 3.8) is 0 Å². The average molecular weight is 413 g/mol. The summed E-state index contributed by atoms with van der Waals surface area (Å²) in [5.74, 6) is -0.219.